The van der Waals surface area contributed by atoms with Gasteiger partial charge in [0.1, 0.15) is 0 Å². The minimum absolute atomic E-state index is 0.0187. The molecular weight excluding hydrogens is 575 g/mol. The highest BCUT2D eigenvalue weighted by molar-refractivity contribution is 7.33. The lowest BCUT2D eigenvalue weighted by molar-refractivity contribution is -0.113. The summed E-state index contributed by atoms with van der Waals surface area (Å²) >= 11 is 0. The Balaban J connectivity index is 0.00000169. The minimum atomic E-state index is -0.0187. The molecule has 1 atom stereocenters. The van der Waals surface area contributed by atoms with Crippen molar-refractivity contribution >= 4 is 25.5 Å². The molecule has 1 aliphatic rings. The van der Waals surface area contributed by atoms with E-state index in [-0.39, 0.29) is 11.8 Å². The number of carbonyl (C=O) groups is 1. The van der Waals surface area contributed by atoms with Gasteiger partial charge in [0, 0.05) is 30.1 Å². The van der Waals surface area contributed by atoms with Crippen molar-refractivity contribution in [2.75, 3.05) is 25.6 Å². The Morgan fingerprint density at radius 1 is 1.09 bits per heavy atom. The van der Waals surface area contributed by atoms with Crippen molar-refractivity contribution in [3.05, 3.63) is 84.2 Å². The Bertz CT molecular complexity index is 1440. The van der Waals surface area contributed by atoms with Crippen LogP contribution < -0.4 is 10.7 Å². The molecule has 0 spiro atoms. The summed E-state index contributed by atoms with van der Waals surface area (Å²) in [6.45, 7) is 19.6. The second-order valence-corrected chi connectivity index (χ2v) is 11.1. The molecule has 0 aliphatic carbocycles. The lowest BCUT2D eigenvalue weighted by Crippen LogP contribution is -2.37. The first-order valence-corrected chi connectivity index (χ1v) is 17.4. The highest BCUT2D eigenvalue weighted by Gasteiger charge is 2.22. The average molecular weight is 629 g/mol. The number of aromatic nitrogens is 2. The average Bonchev–Trinajstić information content (AvgIpc) is 3.39. The summed E-state index contributed by atoms with van der Waals surface area (Å²) in [5, 5.41) is 9.22. The fraction of sp³-hybridized carbons (Fsp3) is 0.432. The molecule has 7 nitrogen and oxygen atoms in total. The number of Topliss-reactive ketones (excluding diaryl/α,β-unsaturated/α-hetero) is 1. The van der Waals surface area contributed by atoms with Gasteiger partial charge >= 0.3 is 0 Å². The van der Waals surface area contributed by atoms with Gasteiger partial charge in [-0.2, -0.15) is 9.89 Å². The van der Waals surface area contributed by atoms with Crippen LogP contribution in [0, 0.1) is 0 Å². The highest BCUT2D eigenvalue weighted by Crippen LogP contribution is 2.36. The second kappa shape index (κ2) is 20.3. The minimum Gasteiger partial charge on any atom is -0.368 e. The maximum absolute atomic E-state index is 12.6. The summed E-state index contributed by atoms with van der Waals surface area (Å²) in [5.74, 6) is 2.88. The Morgan fingerprint density at radius 3 is 2.40 bits per heavy atom. The zero-order chi connectivity index (χ0) is 33.2. The van der Waals surface area contributed by atoms with Crippen LogP contribution in [0.3, 0.4) is 0 Å². The van der Waals surface area contributed by atoms with Crippen LogP contribution in [-0.4, -0.2) is 52.5 Å². The predicted molar refractivity (Wildman–Crippen MR) is 195 cm³/mol. The third kappa shape index (κ3) is 10.1. The maximum atomic E-state index is 12.6. The van der Waals surface area contributed by atoms with E-state index in [1.165, 1.54) is 10.9 Å². The first kappa shape index (κ1) is 37.4. The third-order valence-electron chi connectivity index (χ3n) is 7.42. The molecule has 45 heavy (non-hydrogen) atoms. The number of nitrogens with one attached hydrogen (secondary N) is 2. The molecule has 1 unspecified atom stereocenters. The van der Waals surface area contributed by atoms with Crippen molar-refractivity contribution in [2.45, 2.75) is 86.6 Å². The van der Waals surface area contributed by atoms with Crippen LogP contribution in [0.4, 0.5) is 5.82 Å². The number of allylic oxidation sites excluding steroid dienone is 1. The SMILES string of the molecule is C=C=C(C(CCCC)NC)N(CC)CCCC1=Nc2c(-c3ccc(-c4ccccc4)pc3)cnn2NC=C1C(C)=O.CC.CC. The van der Waals surface area contributed by atoms with E-state index in [1.807, 2.05) is 47.0 Å². The van der Waals surface area contributed by atoms with Crippen molar-refractivity contribution < 1.29 is 4.79 Å². The fourth-order valence-corrected chi connectivity index (χ4v) is 6.10. The van der Waals surface area contributed by atoms with Crippen molar-refractivity contribution in [3.63, 3.8) is 0 Å². The normalized spacial score (nSPS) is 12.4. The number of hydrogen-bond acceptors (Lipinski definition) is 6. The van der Waals surface area contributed by atoms with Gasteiger partial charge in [0.2, 0.25) is 0 Å². The van der Waals surface area contributed by atoms with Crippen LogP contribution >= 0.6 is 8.19 Å². The largest absolute Gasteiger partial charge is 0.368 e. The van der Waals surface area contributed by atoms with Gasteiger partial charge in [-0.3, -0.25) is 10.2 Å². The molecule has 0 saturated carbocycles. The van der Waals surface area contributed by atoms with E-state index in [0.29, 0.717) is 17.8 Å². The molecule has 0 bridgehead atoms. The lowest BCUT2D eigenvalue weighted by atomic mass is 10.0. The smallest absolute Gasteiger partial charge is 0.181 e. The number of fused-ring (bicyclic) bond motifs is 1. The van der Waals surface area contributed by atoms with Gasteiger partial charge in [-0.05, 0) is 63.1 Å². The lowest BCUT2D eigenvalue weighted by Gasteiger charge is -2.30. The number of ketones is 1. The Kier molecular flexibility index (Phi) is 16.9. The zero-order valence-corrected chi connectivity index (χ0v) is 29.5. The quantitative estimate of drug-likeness (QED) is 0.174. The third-order valence-corrected chi connectivity index (χ3v) is 8.51. The van der Waals surface area contributed by atoms with Crippen molar-refractivity contribution in [3.8, 4) is 22.0 Å². The molecule has 1 aliphatic heterocycles. The first-order valence-electron chi connectivity index (χ1n) is 16.5. The number of likely N-dealkylation sites (N-methyl/N-ethyl adjacent to an activating group) is 2. The standard InChI is InChI=1S/C33H41N6OP.2C2H6/c1-6-9-16-30(34-5)31(7-2)38(8-3)20-13-17-29-27(24(4)40)21-35-39-33(37-29)28(22-36-39)26-18-19-32(41-23-26)25-14-11-10-12-15-25;2*1-2/h10-12,14-15,18-19,21-23,30,34-35H,2,6,8-9,13,16-17,20H2,1,3-5H3;2*1-2H3. The van der Waals surface area contributed by atoms with Gasteiger partial charge in [0.05, 0.1) is 29.2 Å². The van der Waals surface area contributed by atoms with Crippen LogP contribution in [0.15, 0.2) is 89.2 Å². The molecule has 0 fully saturated rings. The number of rotatable bonds is 14. The summed E-state index contributed by atoms with van der Waals surface area (Å²) in [7, 11) is 3.12. The van der Waals surface area contributed by atoms with Crippen molar-refractivity contribution in [2.24, 2.45) is 4.99 Å². The molecule has 8 heteroatoms. The Morgan fingerprint density at radius 2 is 1.82 bits per heavy atom. The number of benzene rings is 1. The van der Waals surface area contributed by atoms with Crippen LogP contribution in [0.1, 0.15) is 80.6 Å². The second-order valence-electron chi connectivity index (χ2n) is 10.1. The molecule has 0 saturated heterocycles. The van der Waals surface area contributed by atoms with Crippen LogP contribution in [0.25, 0.3) is 22.0 Å². The van der Waals surface area contributed by atoms with E-state index in [1.54, 1.807) is 17.9 Å². The zero-order valence-electron chi connectivity index (χ0n) is 28.7. The summed E-state index contributed by atoms with van der Waals surface area (Å²) in [6.07, 6.45) is 8.43. The fourth-order valence-electron chi connectivity index (χ4n) is 5.14. The van der Waals surface area contributed by atoms with Gasteiger partial charge in [0.25, 0.3) is 0 Å². The summed E-state index contributed by atoms with van der Waals surface area (Å²) in [6, 6.07) is 14.9. The number of unbranched alkanes of at least 4 members (excludes halogenated alkanes) is 1. The number of hydrogen-bond donors (Lipinski definition) is 2. The van der Waals surface area contributed by atoms with Crippen LogP contribution in [-0.2, 0) is 4.79 Å². The molecule has 2 aromatic heterocycles. The first-order chi connectivity index (χ1) is 22.0. The van der Waals surface area contributed by atoms with E-state index in [9.17, 15) is 4.79 Å². The van der Waals surface area contributed by atoms with Crippen molar-refractivity contribution in [1.29, 1.82) is 0 Å². The summed E-state index contributed by atoms with van der Waals surface area (Å²) in [5.41, 5.74) is 12.1. The van der Waals surface area contributed by atoms with Gasteiger partial charge in [-0.15, -0.1) is 5.73 Å². The maximum Gasteiger partial charge on any atom is 0.181 e. The summed E-state index contributed by atoms with van der Waals surface area (Å²) < 4.78 is 0. The van der Waals surface area contributed by atoms with E-state index in [2.05, 4.69) is 89.1 Å². The highest BCUT2D eigenvalue weighted by atomic mass is 31.0. The Hall–Kier alpha value is -3.76. The van der Waals surface area contributed by atoms with Gasteiger partial charge in [-0.25, -0.2) is 4.99 Å². The van der Waals surface area contributed by atoms with Crippen LogP contribution in [0.5, 0.6) is 0 Å². The molecule has 3 aromatic rings. The molecule has 0 amide bonds. The Labute approximate surface area is 273 Å². The van der Waals surface area contributed by atoms with Crippen molar-refractivity contribution in [1.82, 2.24) is 20.1 Å². The molecule has 1 aromatic carbocycles. The summed E-state index contributed by atoms with van der Waals surface area (Å²) in [4.78, 5) is 21.7. The topological polar surface area (TPSA) is 74.5 Å². The molecule has 242 valence electrons. The van der Waals surface area contributed by atoms with Gasteiger partial charge in [0.15, 0.2) is 11.6 Å². The number of aliphatic imine (C=N–C) groups is 1. The molecule has 4 rings (SSSR count). The van der Waals surface area contributed by atoms with Gasteiger partial charge in [-0.1, -0.05) is 98.6 Å². The van der Waals surface area contributed by atoms with E-state index < -0.39 is 0 Å². The molecule has 3 heterocycles. The molecule has 0 radical (unpaired) electrons. The van der Waals surface area contributed by atoms with E-state index in [4.69, 9.17) is 4.99 Å². The molecular formula is C37H53N6OP. The van der Waals surface area contributed by atoms with E-state index >= 15 is 0 Å². The van der Waals surface area contributed by atoms with E-state index in [0.717, 1.165) is 69.5 Å². The van der Waals surface area contributed by atoms with Crippen LogP contribution in [0.2, 0.25) is 0 Å². The van der Waals surface area contributed by atoms with Gasteiger partial charge < -0.3 is 10.2 Å². The number of nitrogens with zero attached hydrogens (tertiary/aromatic N) is 4. The monoisotopic (exact) mass is 628 g/mol. The predicted octanol–water partition coefficient (Wildman–Crippen LogP) is 9.50. The number of carbonyl (C=O) groups excluding carboxylic acids is 1. The molecule has 2 N–H and O–H groups in total.